The van der Waals surface area contributed by atoms with Crippen molar-refractivity contribution in [1.29, 1.82) is 0 Å². The van der Waals surface area contributed by atoms with Crippen molar-refractivity contribution >= 4 is 12.1 Å². The molecule has 2 unspecified atom stereocenters. The molecule has 0 spiro atoms. The summed E-state index contributed by atoms with van der Waals surface area (Å²) in [5.41, 5.74) is 1.37. The second kappa shape index (κ2) is 8.34. The van der Waals surface area contributed by atoms with Crippen molar-refractivity contribution in [2.45, 2.75) is 51.7 Å². The van der Waals surface area contributed by atoms with Gasteiger partial charge in [-0.05, 0) is 43.7 Å². The molecule has 0 aromatic carbocycles. The third-order valence-electron chi connectivity index (χ3n) is 6.16. The Morgan fingerprint density at radius 2 is 2.07 bits per heavy atom. The second-order valence-electron chi connectivity index (χ2n) is 8.15. The fraction of sp³-hybridized carbons (Fsp3) is 0.591. The van der Waals surface area contributed by atoms with Gasteiger partial charge in [-0.15, -0.1) is 0 Å². The molecular weight excluding hydrogens is 338 g/mol. The van der Waals surface area contributed by atoms with Gasteiger partial charge in [-0.2, -0.15) is 0 Å². The molecule has 0 bridgehead atoms. The van der Waals surface area contributed by atoms with Crippen molar-refractivity contribution in [2.75, 3.05) is 13.1 Å². The molecule has 3 aliphatic rings. The molecule has 144 valence electrons. The first-order chi connectivity index (χ1) is 13.2. The van der Waals surface area contributed by atoms with E-state index in [0.29, 0.717) is 30.1 Å². The smallest absolute Gasteiger partial charge is 0.272 e. The Labute approximate surface area is 161 Å². The molecule has 3 heterocycles. The first kappa shape index (κ1) is 18.4. The Morgan fingerprint density at radius 1 is 1.22 bits per heavy atom. The minimum atomic E-state index is 0.0490. The van der Waals surface area contributed by atoms with Gasteiger partial charge in [0, 0.05) is 37.3 Å². The van der Waals surface area contributed by atoms with Gasteiger partial charge >= 0.3 is 0 Å². The van der Waals surface area contributed by atoms with Crippen LogP contribution in [0.2, 0.25) is 0 Å². The average Bonchev–Trinajstić information content (AvgIpc) is 2.72. The zero-order chi connectivity index (χ0) is 18.6. The molecule has 2 aliphatic heterocycles. The van der Waals surface area contributed by atoms with Gasteiger partial charge in [-0.1, -0.05) is 25.5 Å². The minimum absolute atomic E-state index is 0.0490. The molecule has 5 heteroatoms. The van der Waals surface area contributed by atoms with Crippen molar-refractivity contribution in [1.82, 2.24) is 9.88 Å². The molecular formula is C22H29N3O2. The Hall–Kier alpha value is -2.01. The molecule has 1 aromatic rings. The summed E-state index contributed by atoms with van der Waals surface area (Å²) in [7, 11) is 0. The molecule has 0 N–H and O–H groups in total. The molecule has 2 fully saturated rings. The number of likely N-dealkylation sites (tertiary alicyclic amines) is 1. The van der Waals surface area contributed by atoms with Crippen LogP contribution in [0.3, 0.4) is 0 Å². The van der Waals surface area contributed by atoms with Gasteiger partial charge in [0.05, 0.1) is 18.4 Å². The number of pyridine rings is 1. The van der Waals surface area contributed by atoms with Crippen LogP contribution in [0.15, 0.2) is 35.5 Å². The van der Waals surface area contributed by atoms with Crippen molar-refractivity contribution in [3.8, 4) is 0 Å². The van der Waals surface area contributed by atoms with E-state index in [1.807, 2.05) is 29.3 Å². The molecule has 3 atom stereocenters. The zero-order valence-electron chi connectivity index (χ0n) is 16.1. The van der Waals surface area contributed by atoms with Gasteiger partial charge in [0.1, 0.15) is 5.69 Å². The normalized spacial score (nSPS) is 28.2. The third kappa shape index (κ3) is 4.29. The van der Waals surface area contributed by atoms with Gasteiger partial charge in [0.15, 0.2) is 0 Å². The molecule has 1 amide bonds. The summed E-state index contributed by atoms with van der Waals surface area (Å²) < 4.78 is 6.23. The van der Waals surface area contributed by atoms with Gasteiger partial charge in [-0.25, -0.2) is 4.98 Å². The van der Waals surface area contributed by atoms with Crippen LogP contribution in [0.25, 0.3) is 0 Å². The van der Waals surface area contributed by atoms with E-state index in [1.165, 1.54) is 12.8 Å². The van der Waals surface area contributed by atoms with Crippen LogP contribution in [0, 0.1) is 17.8 Å². The molecule has 4 rings (SSSR count). The Balaban J connectivity index is 1.37. The maximum atomic E-state index is 12.8. The number of rotatable bonds is 4. The number of nitrogens with zero attached hydrogens (tertiary/aromatic N) is 3. The maximum Gasteiger partial charge on any atom is 0.272 e. The summed E-state index contributed by atoms with van der Waals surface area (Å²) in [6.07, 6.45) is 11.9. The van der Waals surface area contributed by atoms with E-state index in [1.54, 1.807) is 0 Å². The molecule has 1 saturated carbocycles. The number of ether oxygens (including phenoxy) is 1. The van der Waals surface area contributed by atoms with Gasteiger partial charge in [0.25, 0.3) is 5.91 Å². The van der Waals surface area contributed by atoms with E-state index in [2.05, 4.69) is 29.2 Å². The van der Waals surface area contributed by atoms with Gasteiger partial charge < -0.3 is 9.64 Å². The lowest BCUT2D eigenvalue weighted by molar-refractivity contribution is -0.0173. The number of amides is 1. The molecule has 1 saturated heterocycles. The summed E-state index contributed by atoms with van der Waals surface area (Å²) in [6, 6.07) is 5.69. The van der Waals surface area contributed by atoms with E-state index in [0.717, 1.165) is 38.0 Å². The second-order valence-corrected chi connectivity index (χ2v) is 8.15. The fourth-order valence-corrected chi connectivity index (χ4v) is 4.40. The lowest BCUT2D eigenvalue weighted by atomic mass is 9.77. The Morgan fingerprint density at radius 3 is 2.93 bits per heavy atom. The van der Waals surface area contributed by atoms with Crippen LogP contribution in [-0.4, -0.2) is 41.2 Å². The van der Waals surface area contributed by atoms with Crippen LogP contribution in [0.4, 0.5) is 0 Å². The summed E-state index contributed by atoms with van der Waals surface area (Å²) >= 11 is 0. The lowest BCUT2D eigenvalue weighted by Crippen LogP contribution is -2.38. The molecule has 5 nitrogen and oxygen atoms in total. The first-order valence-corrected chi connectivity index (χ1v) is 10.3. The van der Waals surface area contributed by atoms with Crippen molar-refractivity contribution in [3.05, 3.63) is 41.9 Å². The summed E-state index contributed by atoms with van der Waals surface area (Å²) in [5.74, 6) is 1.67. The molecule has 0 radical (unpaired) electrons. The van der Waals surface area contributed by atoms with E-state index < -0.39 is 0 Å². The van der Waals surface area contributed by atoms with E-state index in [4.69, 9.17) is 4.74 Å². The first-order valence-electron chi connectivity index (χ1n) is 10.3. The maximum absolute atomic E-state index is 12.8. The lowest BCUT2D eigenvalue weighted by Gasteiger charge is -2.35. The van der Waals surface area contributed by atoms with Crippen LogP contribution in [0.1, 0.15) is 55.2 Å². The van der Waals surface area contributed by atoms with Crippen molar-refractivity contribution < 1.29 is 9.53 Å². The number of carbonyl (C=O) groups excluding carboxylic acids is 1. The van der Waals surface area contributed by atoms with Gasteiger partial charge in [-0.3, -0.25) is 9.79 Å². The quantitative estimate of drug-likeness (QED) is 0.812. The summed E-state index contributed by atoms with van der Waals surface area (Å²) in [6.45, 7) is 4.38. The minimum Gasteiger partial charge on any atom is -0.371 e. The third-order valence-corrected chi connectivity index (χ3v) is 6.16. The van der Waals surface area contributed by atoms with Gasteiger partial charge in [0.2, 0.25) is 0 Å². The fourth-order valence-electron chi connectivity index (χ4n) is 4.40. The number of carbonyl (C=O) groups is 1. The number of aliphatic imine (C=N–C) groups is 1. The summed E-state index contributed by atoms with van der Waals surface area (Å²) in [5, 5.41) is 0. The van der Waals surface area contributed by atoms with Crippen LogP contribution in [-0.2, 0) is 11.3 Å². The molecule has 27 heavy (non-hydrogen) atoms. The SMILES string of the molecule is CC1CCN(C(=O)c2cccc(COC3CCCC4C=NC=C[C@H]43)n2)CC1. The number of hydrogen-bond donors (Lipinski definition) is 0. The van der Waals surface area contributed by atoms with E-state index >= 15 is 0 Å². The number of hydrogen-bond acceptors (Lipinski definition) is 4. The topological polar surface area (TPSA) is 54.8 Å². The van der Waals surface area contributed by atoms with Crippen LogP contribution in [0.5, 0.6) is 0 Å². The predicted octanol–water partition coefficient (Wildman–Crippen LogP) is 3.85. The highest BCUT2D eigenvalue weighted by Gasteiger charge is 2.32. The average molecular weight is 367 g/mol. The highest BCUT2D eigenvalue weighted by Crippen LogP contribution is 2.34. The highest BCUT2D eigenvalue weighted by atomic mass is 16.5. The number of fused-ring (bicyclic) bond motifs is 1. The standard InChI is InChI=1S/C22H29N3O2/c1-16-9-12-25(13-10-16)22(26)20-6-3-5-18(24-20)15-27-21-7-2-4-17-14-23-11-8-19(17)21/h3,5-6,8,11,14,16-17,19,21H,2,4,7,9-10,12-13,15H2,1H3/t17?,19-,21?/m1/s1. The van der Waals surface area contributed by atoms with E-state index in [-0.39, 0.29) is 12.0 Å². The number of aromatic nitrogens is 1. The number of piperidine rings is 1. The monoisotopic (exact) mass is 367 g/mol. The molecule has 1 aromatic heterocycles. The highest BCUT2D eigenvalue weighted by molar-refractivity contribution is 5.92. The molecule has 1 aliphatic carbocycles. The van der Waals surface area contributed by atoms with Crippen LogP contribution >= 0.6 is 0 Å². The van der Waals surface area contributed by atoms with Crippen molar-refractivity contribution in [3.63, 3.8) is 0 Å². The Kier molecular flexibility index (Phi) is 5.67. The zero-order valence-corrected chi connectivity index (χ0v) is 16.1. The predicted molar refractivity (Wildman–Crippen MR) is 106 cm³/mol. The Bertz CT molecular complexity index is 722. The largest absolute Gasteiger partial charge is 0.371 e. The van der Waals surface area contributed by atoms with Crippen LogP contribution < -0.4 is 0 Å². The van der Waals surface area contributed by atoms with Crippen molar-refractivity contribution in [2.24, 2.45) is 22.7 Å². The van der Waals surface area contributed by atoms with E-state index in [9.17, 15) is 4.79 Å². The summed E-state index contributed by atoms with van der Waals surface area (Å²) in [4.78, 5) is 23.6.